The molecule has 37 heavy (non-hydrogen) atoms. The van der Waals surface area contributed by atoms with Crippen LogP contribution in [-0.4, -0.2) is 50.9 Å². The highest BCUT2D eigenvalue weighted by Gasteiger charge is 2.43. The largest absolute Gasteiger partial charge is 0.511 e. The van der Waals surface area contributed by atoms with Gasteiger partial charge in [-0.15, -0.1) is 4.40 Å². The first-order chi connectivity index (χ1) is 17.0. The van der Waals surface area contributed by atoms with Gasteiger partial charge < -0.3 is 15.3 Å². The lowest BCUT2D eigenvalue weighted by atomic mass is 9.80. The van der Waals surface area contributed by atoms with Gasteiger partial charge in [0.2, 0.25) is 10.0 Å². The Morgan fingerprint density at radius 2 is 1.84 bits per heavy atom. The van der Waals surface area contributed by atoms with Gasteiger partial charge in [0.05, 0.1) is 11.9 Å². The van der Waals surface area contributed by atoms with E-state index in [9.17, 15) is 31.1 Å². The minimum atomic E-state index is -4.36. The molecule has 3 N–H and O–H groups in total. The standard InChI is InChI=1S/C24H27FN4O6S2/c1-24(2,3)20-12-18(30)21(23(31)29(20)13-14-5-7-15(25)8-6-14)22-26-17-10-9-16(27-36(4,32)33)11-19(17)37(34,35)28-22/h5-11,20,27,30H,12-13H2,1-4H3,(H,26,28)/t20-/m1/s1. The van der Waals surface area contributed by atoms with Crippen LogP contribution in [0.25, 0.3) is 0 Å². The van der Waals surface area contributed by atoms with Crippen LogP contribution in [0.4, 0.5) is 15.8 Å². The Balaban J connectivity index is 1.74. The van der Waals surface area contributed by atoms with E-state index in [0.717, 1.165) is 12.3 Å². The number of amidine groups is 1. The van der Waals surface area contributed by atoms with Gasteiger partial charge in [-0.25, -0.2) is 12.8 Å². The molecule has 2 heterocycles. The molecule has 2 aromatic rings. The second-order valence-corrected chi connectivity index (χ2v) is 13.4. The number of fused-ring (bicyclic) bond motifs is 1. The fourth-order valence-electron chi connectivity index (χ4n) is 4.33. The number of nitrogens with one attached hydrogen (secondary N) is 2. The predicted molar refractivity (Wildman–Crippen MR) is 138 cm³/mol. The maximum absolute atomic E-state index is 13.7. The van der Waals surface area contributed by atoms with Crippen molar-refractivity contribution < 1.29 is 31.1 Å². The predicted octanol–water partition coefficient (Wildman–Crippen LogP) is 3.37. The number of aliphatic hydroxyl groups excluding tert-OH is 1. The monoisotopic (exact) mass is 550 g/mol. The molecule has 0 aromatic heterocycles. The molecule has 0 radical (unpaired) electrons. The number of rotatable bonds is 5. The van der Waals surface area contributed by atoms with Crippen molar-refractivity contribution in [2.45, 2.75) is 44.7 Å². The molecule has 13 heteroatoms. The van der Waals surface area contributed by atoms with Gasteiger partial charge >= 0.3 is 0 Å². The first-order valence-corrected chi connectivity index (χ1v) is 14.6. The third-order valence-electron chi connectivity index (χ3n) is 6.06. The lowest BCUT2D eigenvalue weighted by Gasteiger charge is -2.43. The van der Waals surface area contributed by atoms with Crippen LogP contribution in [0.5, 0.6) is 0 Å². The van der Waals surface area contributed by atoms with E-state index in [2.05, 4.69) is 14.4 Å². The maximum Gasteiger partial charge on any atom is 0.286 e. The van der Waals surface area contributed by atoms with Crippen molar-refractivity contribution in [3.05, 3.63) is 65.2 Å². The molecular weight excluding hydrogens is 523 g/mol. The first kappa shape index (κ1) is 26.6. The fraction of sp³-hybridized carbons (Fsp3) is 0.333. The Hall–Kier alpha value is -3.45. The summed E-state index contributed by atoms with van der Waals surface area (Å²) >= 11 is 0. The van der Waals surface area contributed by atoms with E-state index in [1.54, 1.807) is 12.1 Å². The highest BCUT2D eigenvalue weighted by molar-refractivity contribution is 7.92. The minimum absolute atomic E-state index is 0.0274. The average molecular weight is 551 g/mol. The van der Waals surface area contributed by atoms with Crippen molar-refractivity contribution in [2.75, 3.05) is 16.3 Å². The molecule has 0 spiro atoms. The zero-order chi connectivity index (χ0) is 27.3. The first-order valence-electron chi connectivity index (χ1n) is 11.3. The molecule has 10 nitrogen and oxygen atoms in total. The van der Waals surface area contributed by atoms with Gasteiger partial charge in [-0.05, 0) is 41.3 Å². The van der Waals surface area contributed by atoms with Gasteiger partial charge in [0.1, 0.15) is 22.0 Å². The zero-order valence-electron chi connectivity index (χ0n) is 20.6. The number of nitrogens with zero attached hydrogens (tertiary/aromatic N) is 2. The van der Waals surface area contributed by atoms with Crippen molar-refractivity contribution in [1.29, 1.82) is 0 Å². The second kappa shape index (κ2) is 9.14. The summed E-state index contributed by atoms with van der Waals surface area (Å²) in [6.07, 6.45) is 0.985. The van der Waals surface area contributed by atoms with Crippen LogP contribution in [0.15, 0.2) is 63.1 Å². The number of benzene rings is 2. The van der Waals surface area contributed by atoms with Crippen molar-refractivity contribution in [1.82, 2.24) is 4.90 Å². The summed E-state index contributed by atoms with van der Waals surface area (Å²) in [5.74, 6) is -1.69. The van der Waals surface area contributed by atoms with Crippen molar-refractivity contribution in [2.24, 2.45) is 9.81 Å². The topological polar surface area (TPSA) is 145 Å². The third-order valence-corrected chi connectivity index (χ3v) is 7.98. The van der Waals surface area contributed by atoms with Crippen LogP contribution < -0.4 is 10.0 Å². The van der Waals surface area contributed by atoms with Gasteiger partial charge in [-0.2, -0.15) is 8.42 Å². The van der Waals surface area contributed by atoms with E-state index in [0.29, 0.717) is 5.56 Å². The van der Waals surface area contributed by atoms with E-state index >= 15 is 0 Å². The van der Waals surface area contributed by atoms with Crippen LogP contribution in [0.1, 0.15) is 32.8 Å². The van der Waals surface area contributed by atoms with E-state index in [1.807, 2.05) is 20.8 Å². The van der Waals surface area contributed by atoms with E-state index in [4.69, 9.17) is 0 Å². The summed E-state index contributed by atoms with van der Waals surface area (Å²) in [4.78, 5) is 15.0. The van der Waals surface area contributed by atoms with Crippen LogP contribution >= 0.6 is 0 Å². The smallest absolute Gasteiger partial charge is 0.286 e. The van der Waals surface area contributed by atoms with Crippen LogP contribution in [-0.2, 0) is 31.4 Å². The second-order valence-electron chi connectivity index (χ2n) is 10.1. The molecule has 0 saturated carbocycles. The van der Waals surface area contributed by atoms with Crippen LogP contribution in [0.2, 0.25) is 0 Å². The highest BCUT2D eigenvalue weighted by Crippen LogP contribution is 2.38. The number of carbonyl (C=O) groups is 1. The minimum Gasteiger partial charge on any atom is -0.511 e. The lowest BCUT2D eigenvalue weighted by Crippen LogP contribution is -2.52. The number of sulfonamides is 2. The number of carbonyl (C=O) groups excluding carboxylic acids is 1. The molecule has 1 atom stereocenters. The molecule has 2 aromatic carbocycles. The Kier molecular flexibility index (Phi) is 6.57. The molecular formula is C24H27FN4O6S2. The summed E-state index contributed by atoms with van der Waals surface area (Å²) in [6, 6.07) is 9.06. The zero-order valence-corrected chi connectivity index (χ0v) is 22.2. The van der Waals surface area contributed by atoms with E-state index in [-0.39, 0.29) is 46.4 Å². The van der Waals surface area contributed by atoms with Gasteiger partial charge in [0.15, 0.2) is 5.84 Å². The van der Waals surface area contributed by atoms with Crippen molar-refractivity contribution >= 4 is 43.2 Å². The highest BCUT2D eigenvalue weighted by atomic mass is 32.2. The molecule has 198 valence electrons. The summed E-state index contributed by atoms with van der Waals surface area (Å²) < 4.78 is 68.5. The lowest BCUT2D eigenvalue weighted by molar-refractivity contribution is -0.133. The van der Waals surface area contributed by atoms with Crippen LogP contribution in [0.3, 0.4) is 0 Å². The van der Waals surface area contributed by atoms with E-state index in [1.165, 1.54) is 29.2 Å². The molecule has 2 aliphatic heterocycles. The molecule has 0 aliphatic carbocycles. The number of amides is 1. The normalized spacial score (nSPS) is 19.7. The van der Waals surface area contributed by atoms with Gasteiger partial charge in [0.25, 0.3) is 15.9 Å². The molecule has 0 bridgehead atoms. The molecule has 0 fully saturated rings. The number of hydrogen-bond donors (Lipinski definition) is 3. The van der Waals surface area contributed by atoms with Crippen molar-refractivity contribution in [3.8, 4) is 0 Å². The average Bonchev–Trinajstić information content (AvgIpc) is 2.75. The Morgan fingerprint density at radius 1 is 1.19 bits per heavy atom. The summed E-state index contributed by atoms with van der Waals surface area (Å²) in [7, 11) is -8.00. The molecule has 2 aliphatic rings. The Morgan fingerprint density at radius 3 is 2.43 bits per heavy atom. The van der Waals surface area contributed by atoms with Gasteiger partial charge in [-0.3, -0.25) is 9.52 Å². The number of anilines is 2. The van der Waals surface area contributed by atoms with E-state index < -0.39 is 43.2 Å². The summed E-state index contributed by atoms with van der Waals surface area (Å²) in [5, 5.41) is 13.7. The summed E-state index contributed by atoms with van der Waals surface area (Å²) in [6.45, 7) is 5.86. The molecule has 0 saturated heterocycles. The van der Waals surface area contributed by atoms with Crippen molar-refractivity contribution in [3.63, 3.8) is 0 Å². The van der Waals surface area contributed by atoms with Gasteiger partial charge in [0, 0.05) is 24.7 Å². The summed E-state index contributed by atoms with van der Waals surface area (Å²) in [5.41, 5.74) is 0.0284. The third kappa shape index (κ3) is 5.62. The molecule has 0 unspecified atom stereocenters. The molecule has 4 rings (SSSR count). The number of aliphatic hydroxyl groups is 1. The molecule has 1 amide bonds. The Bertz CT molecular complexity index is 1540. The number of halogens is 1. The SMILES string of the molecule is CC(C)(C)[C@H]1CC(O)=C(C2=NS(=O)(=O)c3cc(NS(C)(=O)=O)ccc3N2)C(=O)N1Cc1ccc(F)cc1. The maximum atomic E-state index is 13.7. The van der Waals surface area contributed by atoms with Gasteiger partial charge in [-0.1, -0.05) is 32.9 Å². The fourth-order valence-corrected chi connectivity index (χ4v) is 6.03. The number of hydrogen-bond acceptors (Lipinski definition) is 7. The quantitative estimate of drug-likeness (QED) is 0.518. The Labute approximate surface area is 215 Å². The van der Waals surface area contributed by atoms with Crippen LogP contribution in [0, 0.1) is 11.2 Å².